The van der Waals surface area contributed by atoms with Gasteiger partial charge in [0.15, 0.2) is 6.10 Å². The van der Waals surface area contributed by atoms with Gasteiger partial charge in [-0.3, -0.25) is 14.5 Å². The number of ether oxygens (including phenoxy) is 2. The van der Waals surface area contributed by atoms with Crippen LogP contribution < -0.4 is 15.5 Å². The maximum Gasteiger partial charge on any atom is 0.415 e. The van der Waals surface area contributed by atoms with E-state index in [2.05, 4.69) is 15.4 Å². The number of carbonyl (C=O) groups excluding carboxylic acids is 4. The lowest BCUT2D eigenvalue weighted by Crippen LogP contribution is -2.65. The highest BCUT2D eigenvalue weighted by atomic mass is 35.5. The molecule has 0 spiro atoms. The Bertz CT molecular complexity index is 1380. The number of esters is 1. The van der Waals surface area contributed by atoms with Crippen LogP contribution in [0.2, 0.25) is 4.34 Å². The number of fused-ring (bicyclic) bond motifs is 1. The average Bonchev–Trinajstić information content (AvgIpc) is 3.50. The van der Waals surface area contributed by atoms with Crippen molar-refractivity contribution in [3.63, 3.8) is 0 Å². The van der Waals surface area contributed by atoms with Crippen molar-refractivity contribution in [1.29, 1.82) is 0 Å². The van der Waals surface area contributed by atoms with Crippen LogP contribution in [0.4, 0.5) is 19.3 Å². The lowest BCUT2D eigenvalue weighted by molar-refractivity contribution is -0.153. The molecule has 2 heterocycles. The van der Waals surface area contributed by atoms with Crippen LogP contribution in [-0.4, -0.2) is 71.8 Å². The van der Waals surface area contributed by atoms with Crippen LogP contribution in [0.25, 0.3) is 0 Å². The monoisotopic (exact) mass is 671 g/mol. The molecule has 0 fully saturated rings. The van der Waals surface area contributed by atoms with Gasteiger partial charge in [0.2, 0.25) is 18.2 Å². The van der Waals surface area contributed by atoms with Crippen LogP contribution >= 0.6 is 22.9 Å². The van der Waals surface area contributed by atoms with Gasteiger partial charge in [0.1, 0.15) is 17.2 Å². The molecule has 1 aromatic carbocycles. The number of aliphatic hydroxyl groups excluding tert-OH is 1. The summed E-state index contributed by atoms with van der Waals surface area (Å²) in [6.45, 7) is 8.71. The number of thiophene rings is 1. The van der Waals surface area contributed by atoms with Crippen molar-refractivity contribution in [3.8, 4) is 0 Å². The molecule has 248 valence electrons. The molecule has 10 nitrogen and oxygen atoms in total. The van der Waals surface area contributed by atoms with Crippen molar-refractivity contribution >= 4 is 52.5 Å². The summed E-state index contributed by atoms with van der Waals surface area (Å²) in [6.07, 6.45) is -6.65. The largest absolute Gasteiger partial charge is 0.467 e. The van der Waals surface area contributed by atoms with E-state index in [4.69, 9.17) is 16.3 Å². The fourth-order valence-electron chi connectivity index (χ4n) is 5.25. The third-order valence-electron chi connectivity index (χ3n) is 7.15. The molecule has 2 unspecified atom stereocenters. The van der Waals surface area contributed by atoms with Gasteiger partial charge < -0.3 is 25.2 Å². The molecule has 0 saturated carbocycles. The van der Waals surface area contributed by atoms with Gasteiger partial charge >= 0.3 is 12.1 Å². The molecule has 3 N–H and O–H groups in total. The van der Waals surface area contributed by atoms with Gasteiger partial charge in [0.05, 0.1) is 23.2 Å². The van der Waals surface area contributed by atoms with Crippen molar-refractivity contribution in [1.82, 2.24) is 10.6 Å². The molecule has 1 aliphatic heterocycles. The van der Waals surface area contributed by atoms with Crippen LogP contribution in [-0.2, 0) is 36.7 Å². The Morgan fingerprint density at radius 3 is 2.31 bits per heavy atom. The van der Waals surface area contributed by atoms with E-state index in [1.54, 1.807) is 71.0 Å². The smallest absolute Gasteiger partial charge is 0.415 e. The van der Waals surface area contributed by atoms with Crippen molar-refractivity contribution < 1.29 is 42.5 Å². The number of amides is 3. The second kappa shape index (κ2) is 14.9. The fraction of sp³-hybridized carbons (Fsp3) is 0.548. The molecule has 4 atom stereocenters. The van der Waals surface area contributed by atoms with Crippen molar-refractivity contribution in [3.05, 3.63) is 51.2 Å². The lowest BCUT2D eigenvalue weighted by atomic mass is 9.87. The number of hydrogen-bond acceptors (Lipinski definition) is 8. The number of nitrogens with zero attached hydrogens (tertiary/aromatic N) is 1. The Labute approximate surface area is 270 Å². The zero-order valence-corrected chi connectivity index (χ0v) is 27.6. The predicted octanol–water partition coefficient (Wildman–Crippen LogP) is 4.89. The summed E-state index contributed by atoms with van der Waals surface area (Å²) in [5.74, 6) is -2.93. The fourth-order valence-corrected chi connectivity index (χ4v) is 6.44. The maximum absolute atomic E-state index is 14.6. The number of rotatable bonds is 12. The molecule has 0 radical (unpaired) electrons. The highest BCUT2D eigenvalue weighted by molar-refractivity contribution is 7.16. The molecular formula is C31H40ClF2N3O7S. The molecule has 3 rings (SSSR count). The number of halogens is 3. The zero-order valence-electron chi connectivity index (χ0n) is 26.1. The maximum atomic E-state index is 14.6. The second-order valence-corrected chi connectivity index (χ2v) is 14.2. The van der Waals surface area contributed by atoms with Gasteiger partial charge in [-0.1, -0.05) is 43.6 Å². The number of methoxy groups -OCH3 is 1. The third kappa shape index (κ3) is 9.14. The van der Waals surface area contributed by atoms with E-state index in [1.165, 1.54) is 16.2 Å². The molecule has 3 amide bonds. The summed E-state index contributed by atoms with van der Waals surface area (Å²) in [6, 6.07) is 7.48. The number of nitrogens with one attached hydrogen (secondary N) is 2. The summed E-state index contributed by atoms with van der Waals surface area (Å²) < 4.78 is 37.4. The lowest BCUT2D eigenvalue weighted by Gasteiger charge is -2.39. The number of benzene rings is 1. The molecule has 0 saturated heterocycles. The highest BCUT2D eigenvalue weighted by Crippen LogP contribution is 2.43. The molecular weight excluding hydrogens is 632 g/mol. The first-order valence-corrected chi connectivity index (χ1v) is 15.7. The molecule has 2 aromatic rings. The molecule has 0 aliphatic carbocycles. The SMILES string of the molecule is COC(=O)C(O)[C@H](CC(F)F)NC(=O)[C@H](CC(C)C)NC(=O)C1(Cc2ccc(Cl)s2)Cc2ccccc2N1C(=O)OC(C)(C)C. The third-order valence-corrected chi connectivity index (χ3v) is 8.38. The summed E-state index contributed by atoms with van der Waals surface area (Å²) >= 11 is 7.46. The standard InChI is InChI=1S/C31H40ClF2N3O7S/c1-17(2)13-21(26(39)35-20(14-24(33)34)25(38)27(40)43-6)36-28(41)31(16-19-11-12-23(32)45-19)15-18-9-7-8-10-22(18)37(31)29(42)44-30(3,4)5/h7-12,17,20-21,24-25,38H,13-16H2,1-6H3,(H,35,39)(H,36,41)/t20-,21-,25?,31?/m0/s1. The first-order chi connectivity index (χ1) is 21.0. The molecule has 0 bridgehead atoms. The zero-order chi connectivity index (χ0) is 33.7. The van der Waals surface area contributed by atoms with Crippen LogP contribution in [0.1, 0.15) is 57.9 Å². The number of carbonyl (C=O) groups is 4. The summed E-state index contributed by atoms with van der Waals surface area (Å²) in [5, 5.41) is 15.4. The van der Waals surface area contributed by atoms with Gasteiger partial charge in [-0.2, -0.15) is 0 Å². The Balaban J connectivity index is 2.06. The van der Waals surface area contributed by atoms with Gasteiger partial charge in [0.25, 0.3) is 0 Å². The quantitative estimate of drug-likeness (QED) is 0.274. The molecule has 14 heteroatoms. The van der Waals surface area contributed by atoms with E-state index in [-0.39, 0.29) is 25.2 Å². The summed E-state index contributed by atoms with van der Waals surface area (Å²) in [4.78, 5) is 55.9. The van der Waals surface area contributed by atoms with E-state index in [9.17, 15) is 33.1 Å². The number of alkyl halides is 2. The Hall–Kier alpha value is -3.29. The van der Waals surface area contributed by atoms with Crippen LogP contribution in [0.5, 0.6) is 0 Å². The van der Waals surface area contributed by atoms with Crippen LogP contribution in [0.15, 0.2) is 36.4 Å². The highest BCUT2D eigenvalue weighted by Gasteiger charge is 2.54. The van der Waals surface area contributed by atoms with Crippen molar-refractivity contribution in [2.75, 3.05) is 12.0 Å². The number of aliphatic hydroxyl groups is 1. The van der Waals surface area contributed by atoms with Crippen molar-refractivity contribution in [2.24, 2.45) is 5.92 Å². The molecule has 1 aromatic heterocycles. The van der Waals surface area contributed by atoms with E-state index in [0.29, 0.717) is 20.5 Å². The van der Waals surface area contributed by atoms with E-state index in [0.717, 1.165) is 7.11 Å². The minimum atomic E-state index is -2.96. The summed E-state index contributed by atoms with van der Waals surface area (Å²) in [7, 11) is 0.977. The molecule has 45 heavy (non-hydrogen) atoms. The van der Waals surface area contributed by atoms with Gasteiger partial charge in [-0.25, -0.2) is 18.4 Å². The predicted molar refractivity (Wildman–Crippen MR) is 167 cm³/mol. The first kappa shape index (κ1) is 36.2. The normalized spacial score (nSPS) is 18.3. The van der Waals surface area contributed by atoms with E-state index < -0.39 is 66.1 Å². The Kier molecular flexibility index (Phi) is 12.0. The number of para-hydroxylation sites is 1. The van der Waals surface area contributed by atoms with Crippen LogP contribution in [0, 0.1) is 5.92 Å². The Morgan fingerprint density at radius 1 is 1.09 bits per heavy atom. The first-order valence-electron chi connectivity index (χ1n) is 14.5. The second-order valence-electron chi connectivity index (χ2n) is 12.4. The van der Waals surface area contributed by atoms with Gasteiger partial charge in [-0.05, 0) is 56.9 Å². The van der Waals surface area contributed by atoms with Gasteiger partial charge in [-0.15, -0.1) is 11.3 Å². The minimum absolute atomic E-state index is 0.0230. The van der Waals surface area contributed by atoms with Crippen LogP contribution in [0.3, 0.4) is 0 Å². The van der Waals surface area contributed by atoms with Crippen molar-refractivity contribution in [2.45, 2.75) is 96.1 Å². The van der Waals surface area contributed by atoms with E-state index in [1.807, 2.05) is 0 Å². The topological polar surface area (TPSA) is 134 Å². The Morgan fingerprint density at radius 2 is 1.76 bits per heavy atom. The minimum Gasteiger partial charge on any atom is -0.467 e. The summed E-state index contributed by atoms with van der Waals surface area (Å²) in [5.41, 5.74) is -1.34. The van der Waals surface area contributed by atoms with Gasteiger partial charge in [0, 0.05) is 24.1 Å². The van der Waals surface area contributed by atoms with E-state index >= 15 is 0 Å². The number of anilines is 1. The molecule has 1 aliphatic rings. The number of hydrogen-bond donors (Lipinski definition) is 3. The average molecular weight is 672 g/mol.